The normalized spacial score (nSPS) is 16.6. The first kappa shape index (κ1) is 20.2. The molecule has 0 unspecified atom stereocenters. The van der Waals surface area contributed by atoms with Crippen LogP contribution in [0.15, 0.2) is 59.5 Å². The number of amides is 1. The number of fused-ring (bicyclic) bond motifs is 1. The lowest BCUT2D eigenvalue weighted by atomic mass is 10.0. The van der Waals surface area contributed by atoms with Gasteiger partial charge in [-0.05, 0) is 43.5 Å². The van der Waals surface area contributed by atoms with E-state index in [-0.39, 0.29) is 17.6 Å². The molecule has 164 valence electrons. The Kier molecular flexibility index (Phi) is 5.13. The molecule has 1 saturated heterocycles. The lowest BCUT2D eigenvalue weighted by Crippen LogP contribution is -2.43. The van der Waals surface area contributed by atoms with Gasteiger partial charge in [-0.3, -0.25) is 18.6 Å². The first-order chi connectivity index (χ1) is 15.5. The van der Waals surface area contributed by atoms with E-state index in [1.165, 1.54) is 0 Å². The summed E-state index contributed by atoms with van der Waals surface area (Å²) in [6.45, 7) is 3.54. The first-order valence-corrected chi connectivity index (χ1v) is 10.9. The number of aromatic nitrogens is 5. The van der Waals surface area contributed by atoms with Gasteiger partial charge in [0.15, 0.2) is 11.3 Å². The number of carbonyl (C=O) groups is 1. The van der Waals surface area contributed by atoms with Gasteiger partial charge in [-0.25, -0.2) is 9.78 Å². The molecule has 0 spiro atoms. The maximum absolute atomic E-state index is 13.6. The number of rotatable bonds is 4. The summed E-state index contributed by atoms with van der Waals surface area (Å²) >= 11 is 0. The molecule has 8 heteroatoms. The average Bonchev–Trinajstić information content (AvgIpc) is 3.30. The van der Waals surface area contributed by atoms with Crippen molar-refractivity contribution in [2.75, 3.05) is 13.1 Å². The van der Waals surface area contributed by atoms with Crippen molar-refractivity contribution in [2.45, 2.75) is 32.4 Å². The first-order valence-electron chi connectivity index (χ1n) is 10.9. The molecule has 0 saturated carbocycles. The maximum Gasteiger partial charge on any atom is 0.330 e. The van der Waals surface area contributed by atoms with Crippen molar-refractivity contribution in [2.24, 2.45) is 7.05 Å². The van der Waals surface area contributed by atoms with Gasteiger partial charge < -0.3 is 4.90 Å². The summed E-state index contributed by atoms with van der Waals surface area (Å²) in [4.78, 5) is 33.0. The Morgan fingerprint density at radius 1 is 1.16 bits per heavy atom. The summed E-state index contributed by atoms with van der Waals surface area (Å²) in [5, 5.41) is 4.34. The number of pyridine rings is 1. The van der Waals surface area contributed by atoms with Crippen LogP contribution in [-0.2, 0) is 13.6 Å². The summed E-state index contributed by atoms with van der Waals surface area (Å²) in [5.41, 5.74) is 3.83. The van der Waals surface area contributed by atoms with Crippen LogP contribution in [0.5, 0.6) is 0 Å². The molecule has 5 rings (SSSR count). The molecule has 0 bridgehead atoms. The standard InChI is InChI=1S/C24H26N6O2/c1-17-14-20(26-27(17)2)23(31)28-13-7-10-19(16-28)30-22-21(11-6-12-25-22)29(24(30)32)15-18-8-4-3-5-9-18/h3-6,8-9,11-12,14,19H,7,10,13,15-16H2,1-2H3/t19-/m0/s1. The van der Waals surface area contributed by atoms with E-state index >= 15 is 0 Å². The molecule has 1 fully saturated rings. The molecule has 0 aliphatic carbocycles. The number of hydrogen-bond donors (Lipinski definition) is 0. The molecule has 1 aromatic carbocycles. The molecule has 3 aromatic heterocycles. The van der Waals surface area contributed by atoms with Crippen LogP contribution < -0.4 is 5.69 Å². The van der Waals surface area contributed by atoms with E-state index in [4.69, 9.17) is 0 Å². The van der Waals surface area contributed by atoms with Gasteiger partial charge in [-0.15, -0.1) is 0 Å². The van der Waals surface area contributed by atoms with Crippen LogP contribution >= 0.6 is 0 Å². The molecular weight excluding hydrogens is 404 g/mol. The Bertz CT molecular complexity index is 1310. The van der Waals surface area contributed by atoms with Gasteiger partial charge in [0.25, 0.3) is 5.91 Å². The van der Waals surface area contributed by atoms with Crippen LogP contribution in [0.1, 0.15) is 40.6 Å². The van der Waals surface area contributed by atoms with Crippen molar-refractivity contribution >= 4 is 17.1 Å². The van der Waals surface area contributed by atoms with Crippen LogP contribution in [0.2, 0.25) is 0 Å². The minimum absolute atomic E-state index is 0.0875. The van der Waals surface area contributed by atoms with Crippen molar-refractivity contribution in [3.63, 3.8) is 0 Å². The number of aryl methyl sites for hydroxylation is 2. The molecule has 1 atom stereocenters. The van der Waals surface area contributed by atoms with Gasteiger partial charge in [0.05, 0.1) is 18.1 Å². The third kappa shape index (κ3) is 3.51. The molecule has 8 nitrogen and oxygen atoms in total. The molecule has 1 aliphatic rings. The molecule has 32 heavy (non-hydrogen) atoms. The number of carbonyl (C=O) groups excluding carboxylic acids is 1. The fourth-order valence-corrected chi connectivity index (χ4v) is 4.53. The Labute approximate surface area is 185 Å². The second kappa shape index (κ2) is 8.11. The predicted molar refractivity (Wildman–Crippen MR) is 122 cm³/mol. The van der Waals surface area contributed by atoms with E-state index in [1.807, 2.05) is 67.4 Å². The monoisotopic (exact) mass is 430 g/mol. The van der Waals surface area contributed by atoms with Crippen LogP contribution in [-0.4, -0.2) is 47.8 Å². The largest absolute Gasteiger partial charge is 0.335 e. The van der Waals surface area contributed by atoms with Crippen LogP contribution in [0.25, 0.3) is 11.2 Å². The van der Waals surface area contributed by atoms with Crippen LogP contribution in [0.3, 0.4) is 0 Å². The van der Waals surface area contributed by atoms with Gasteiger partial charge in [-0.1, -0.05) is 30.3 Å². The van der Waals surface area contributed by atoms with Gasteiger partial charge in [-0.2, -0.15) is 5.10 Å². The molecule has 1 aliphatic heterocycles. The van der Waals surface area contributed by atoms with Crippen molar-refractivity contribution in [3.05, 3.63) is 82.2 Å². The lowest BCUT2D eigenvalue weighted by molar-refractivity contribution is 0.0672. The van der Waals surface area contributed by atoms with Crippen LogP contribution in [0.4, 0.5) is 0 Å². The zero-order chi connectivity index (χ0) is 22.2. The Morgan fingerprint density at radius 2 is 1.97 bits per heavy atom. The number of imidazole rings is 1. The van der Waals surface area contributed by atoms with E-state index in [9.17, 15) is 9.59 Å². The number of piperidine rings is 1. The molecule has 4 heterocycles. The fraction of sp³-hybridized carbons (Fsp3) is 0.333. The highest BCUT2D eigenvalue weighted by Gasteiger charge is 2.30. The second-order valence-electron chi connectivity index (χ2n) is 8.41. The van der Waals surface area contributed by atoms with E-state index in [0.717, 1.165) is 29.6 Å². The van der Waals surface area contributed by atoms with Gasteiger partial charge >= 0.3 is 5.69 Å². The summed E-state index contributed by atoms with van der Waals surface area (Å²) in [5.74, 6) is -0.0903. The molecule has 0 radical (unpaired) electrons. The van der Waals surface area contributed by atoms with Gasteiger partial charge in [0, 0.05) is 32.0 Å². The zero-order valence-corrected chi connectivity index (χ0v) is 18.3. The summed E-state index contributed by atoms with van der Waals surface area (Å²) < 4.78 is 5.27. The summed E-state index contributed by atoms with van der Waals surface area (Å²) in [6.07, 6.45) is 3.37. The Morgan fingerprint density at radius 3 is 2.72 bits per heavy atom. The SMILES string of the molecule is Cc1cc(C(=O)N2CCC[C@H](n3c(=O)n(Cc4ccccc4)c4cccnc43)C2)nn1C. The number of hydrogen-bond acceptors (Lipinski definition) is 4. The maximum atomic E-state index is 13.6. The zero-order valence-electron chi connectivity index (χ0n) is 18.3. The fourth-order valence-electron chi connectivity index (χ4n) is 4.53. The second-order valence-corrected chi connectivity index (χ2v) is 8.41. The van der Waals surface area contributed by atoms with Gasteiger partial charge in [0.1, 0.15) is 0 Å². The minimum Gasteiger partial charge on any atom is -0.335 e. The summed E-state index contributed by atoms with van der Waals surface area (Å²) in [7, 11) is 1.83. The molecule has 0 N–H and O–H groups in total. The summed E-state index contributed by atoms with van der Waals surface area (Å²) in [6, 6.07) is 15.4. The molecule has 1 amide bonds. The van der Waals surface area contributed by atoms with E-state index in [0.29, 0.717) is 31.0 Å². The van der Waals surface area contributed by atoms with E-state index < -0.39 is 0 Å². The van der Waals surface area contributed by atoms with Crippen LogP contribution in [0, 0.1) is 6.92 Å². The smallest absolute Gasteiger partial charge is 0.330 e. The van der Waals surface area contributed by atoms with Crippen molar-refractivity contribution in [1.82, 2.24) is 28.8 Å². The Hall–Kier alpha value is -3.68. The number of likely N-dealkylation sites (tertiary alicyclic amines) is 1. The average molecular weight is 431 g/mol. The molecule has 4 aromatic rings. The van der Waals surface area contributed by atoms with Crippen molar-refractivity contribution in [1.29, 1.82) is 0 Å². The van der Waals surface area contributed by atoms with E-state index in [2.05, 4.69) is 10.1 Å². The number of benzene rings is 1. The Balaban J connectivity index is 1.49. The van der Waals surface area contributed by atoms with Crippen molar-refractivity contribution < 1.29 is 4.79 Å². The predicted octanol–water partition coefficient (Wildman–Crippen LogP) is 2.77. The van der Waals surface area contributed by atoms with Gasteiger partial charge in [0.2, 0.25) is 0 Å². The van der Waals surface area contributed by atoms with Crippen molar-refractivity contribution in [3.8, 4) is 0 Å². The minimum atomic E-state index is -0.126. The highest BCUT2D eigenvalue weighted by molar-refractivity contribution is 5.92. The quantitative estimate of drug-likeness (QED) is 0.499. The highest BCUT2D eigenvalue weighted by atomic mass is 16.2. The number of nitrogens with zero attached hydrogens (tertiary/aromatic N) is 6. The van der Waals surface area contributed by atoms with E-state index in [1.54, 1.807) is 20.0 Å². The third-order valence-electron chi connectivity index (χ3n) is 6.29. The third-order valence-corrected chi connectivity index (χ3v) is 6.29. The molecular formula is C24H26N6O2. The lowest BCUT2D eigenvalue weighted by Gasteiger charge is -2.32. The highest BCUT2D eigenvalue weighted by Crippen LogP contribution is 2.25. The topological polar surface area (TPSA) is 78.0 Å².